The average Bonchev–Trinajstić information content (AvgIpc) is 2.62. The van der Waals surface area contributed by atoms with E-state index in [0.29, 0.717) is 6.42 Å². The van der Waals surface area contributed by atoms with E-state index in [4.69, 9.17) is 9.16 Å². The van der Waals surface area contributed by atoms with E-state index in [1.54, 1.807) is 0 Å². The standard InChI is InChI=1S/C17H32O4Si/c1-8-9-10-11-13(18)14-15(12(2)20-16(14)19)21-22(6,7)17(3,4)5/h8,12-15,18H,1,9-11H2,2-7H3/t12-,13?,14-,15+/m0/s1. The van der Waals surface area contributed by atoms with Gasteiger partial charge in [0.15, 0.2) is 8.32 Å². The van der Waals surface area contributed by atoms with Crippen LogP contribution in [0.25, 0.3) is 0 Å². The van der Waals surface area contributed by atoms with E-state index in [2.05, 4.69) is 40.4 Å². The maximum absolute atomic E-state index is 12.1. The number of hydrogen-bond acceptors (Lipinski definition) is 4. The van der Waals surface area contributed by atoms with Crippen molar-refractivity contribution < 1.29 is 19.1 Å². The number of allylic oxidation sites excluding steroid dienone is 1. The van der Waals surface area contributed by atoms with Crippen LogP contribution >= 0.6 is 0 Å². The molecule has 0 aliphatic carbocycles. The first kappa shape index (κ1) is 19.4. The second kappa shape index (κ2) is 7.28. The molecular weight excluding hydrogens is 296 g/mol. The Morgan fingerprint density at radius 3 is 2.55 bits per heavy atom. The summed E-state index contributed by atoms with van der Waals surface area (Å²) >= 11 is 0. The maximum atomic E-state index is 12.1. The molecule has 0 amide bonds. The largest absolute Gasteiger partial charge is 0.460 e. The van der Waals surface area contributed by atoms with E-state index in [9.17, 15) is 9.90 Å². The van der Waals surface area contributed by atoms with Crippen molar-refractivity contribution in [3.63, 3.8) is 0 Å². The monoisotopic (exact) mass is 328 g/mol. The number of aliphatic hydroxyl groups is 1. The fourth-order valence-electron chi connectivity index (χ4n) is 2.47. The zero-order valence-corrected chi connectivity index (χ0v) is 15.9. The van der Waals surface area contributed by atoms with Crippen LogP contribution < -0.4 is 0 Å². The van der Waals surface area contributed by atoms with Crippen LogP contribution in [-0.2, 0) is 14.0 Å². The van der Waals surface area contributed by atoms with Crippen LogP contribution in [0.2, 0.25) is 18.1 Å². The first-order valence-electron chi connectivity index (χ1n) is 8.18. The van der Waals surface area contributed by atoms with Crippen LogP contribution in [-0.4, -0.2) is 37.7 Å². The SMILES string of the molecule is C=CCCCC(O)[C@@H]1C(=O)O[C@@H](C)[C@H]1O[Si](C)(C)C(C)(C)C. The van der Waals surface area contributed by atoms with Crippen molar-refractivity contribution in [3.05, 3.63) is 12.7 Å². The van der Waals surface area contributed by atoms with Crippen LogP contribution in [0.15, 0.2) is 12.7 Å². The molecule has 1 rings (SSSR count). The number of aliphatic hydroxyl groups excluding tert-OH is 1. The second-order valence-corrected chi connectivity index (χ2v) is 12.6. The van der Waals surface area contributed by atoms with Gasteiger partial charge in [-0.15, -0.1) is 6.58 Å². The molecule has 0 saturated carbocycles. The third-order valence-corrected chi connectivity index (χ3v) is 9.42. The molecule has 4 atom stereocenters. The van der Waals surface area contributed by atoms with E-state index in [0.717, 1.165) is 12.8 Å². The number of carbonyl (C=O) groups is 1. The summed E-state index contributed by atoms with van der Waals surface area (Å²) in [7, 11) is -2.03. The Labute approximate surface area is 136 Å². The van der Waals surface area contributed by atoms with E-state index in [1.807, 2.05) is 13.0 Å². The van der Waals surface area contributed by atoms with E-state index in [-0.39, 0.29) is 23.2 Å². The topological polar surface area (TPSA) is 55.8 Å². The van der Waals surface area contributed by atoms with Crippen molar-refractivity contribution in [3.8, 4) is 0 Å². The molecule has 0 aromatic carbocycles. The molecule has 22 heavy (non-hydrogen) atoms. The van der Waals surface area contributed by atoms with Crippen molar-refractivity contribution in [2.24, 2.45) is 5.92 Å². The molecule has 1 aliphatic heterocycles. The lowest BCUT2D eigenvalue weighted by Crippen LogP contribution is -2.49. The molecule has 1 unspecified atom stereocenters. The Hall–Kier alpha value is -0.653. The molecular formula is C17H32O4Si. The summed E-state index contributed by atoms with van der Waals surface area (Å²) in [6.07, 6.45) is 2.67. The van der Waals surface area contributed by atoms with Gasteiger partial charge in [0.25, 0.3) is 0 Å². The number of rotatable bonds is 7. The molecule has 0 aromatic rings. The van der Waals surface area contributed by atoms with Gasteiger partial charge in [-0.3, -0.25) is 4.79 Å². The van der Waals surface area contributed by atoms with Gasteiger partial charge in [0.05, 0.1) is 12.2 Å². The highest BCUT2D eigenvalue weighted by Gasteiger charge is 2.51. The summed E-state index contributed by atoms with van der Waals surface area (Å²) in [6.45, 7) is 16.3. The number of hydrogen-bond donors (Lipinski definition) is 1. The zero-order chi connectivity index (χ0) is 17.1. The molecule has 0 radical (unpaired) electrons. The Balaban J connectivity index is 2.85. The molecule has 0 bridgehead atoms. The van der Waals surface area contributed by atoms with E-state index >= 15 is 0 Å². The number of carbonyl (C=O) groups excluding carboxylic acids is 1. The zero-order valence-electron chi connectivity index (χ0n) is 14.9. The Morgan fingerprint density at radius 1 is 1.45 bits per heavy atom. The lowest BCUT2D eigenvalue weighted by molar-refractivity contribution is -0.146. The molecule has 1 aliphatic rings. The van der Waals surface area contributed by atoms with E-state index < -0.39 is 20.3 Å². The first-order valence-corrected chi connectivity index (χ1v) is 11.1. The van der Waals surface area contributed by atoms with Gasteiger partial charge in [0.1, 0.15) is 12.0 Å². The van der Waals surface area contributed by atoms with Crippen LogP contribution in [0.4, 0.5) is 0 Å². The smallest absolute Gasteiger partial charge is 0.314 e. The predicted molar refractivity (Wildman–Crippen MR) is 91.2 cm³/mol. The van der Waals surface area contributed by atoms with Crippen molar-refractivity contribution in [1.29, 1.82) is 0 Å². The highest BCUT2D eigenvalue weighted by Crippen LogP contribution is 2.41. The van der Waals surface area contributed by atoms with Crippen molar-refractivity contribution in [2.45, 2.75) is 83.4 Å². The quantitative estimate of drug-likeness (QED) is 0.335. The van der Waals surface area contributed by atoms with Crippen LogP contribution in [0.1, 0.15) is 47.0 Å². The van der Waals surface area contributed by atoms with Crippen molar-refractivity contribution >= 4 is 14.3 Å². The molecule has 5 heteroatoms. The first-order chi connectivity index (χ1) is 10.0. The summed E-state index contributed by atoms with van der Waals surface area (Å²) in [5.41, 5.74) is 0. The normalized spacial score (nSPS) is 27.6. The highest BCUT2D eigenvalue weighted by molar-refractivity contribution is 6.74. The highest BCUT2D eigenvalue weighted by atomic mass is 28.4. The van der Waals surface area contributed by atoms with Gasteiger partial charge in [0.2, 0.25) is 0 Å². The minimum absolute atomic E-state index is 0.0523. The summed E-state index contributed by atoms with van der Waals surface area (Å²) in [6, 6.07) is 0. The van der Waals surface area contributed by atoms with Gasteiger partial charge in [-0.1, -0.05) is 26.8 Å². The second-order valence-electron chi connectivity index (χ2n) is 7.80. The fraction of sp³-hybridized carbons (Fsp3) is 0.824. The lowest BCUT2D eigenvalue weighted by Gasteiger charge is -2.40. The van der Waals surface area contributed by atoms with Gasteiger partial charge in [-0.25, -0.2) is 0 Å². The van der Waals surface area contributed by atoms with Crippen LogP contribution in [0.5, 0.6) is 0 Å². The maximum Gasteiger partial charge on any atom is 0.314 e. The fourth-order valence-corrected chi connectivity index (χ4v) is 3.84. The van der Waals surface area contributed by atoms with Crippen LogP contribution in [0, 0.1) is 5.92 Å². The summed E-state index contributed by atoms with van der Waals surface area (Å²) < 4.78 is 11.7. The minimum Gasteiger partial charge on any atom is -0.460 e. The Bertz CT molecular complexity index is 400. The molecule has 1 saturated heterocycles. The molecule has 1 N–H and O–H groups in total. The van der Waals surface area contributed by atoms with Crippen LogP contribution in [0.3, 0.4) is 0 Å². The van der Waals surface area contributed by atoms with Crippen molar-refractivity contribution in [2.75, 3.05) is 0 Å². The molecule has 0 spiro atoms. The van der Waals surface area contributed by atoms with Gasteiger partial charge < -0.3 is 14.3 Å². The van der Waals surface area contributed by atoms with Gasteiger partial charge in [-0.05, 0) is 44.3 Å². The number of ether oxygens (including phenoxy) is 1. The predicted octanol–water partition coefficient (Wildman–Crippen LogP) is 3.66. The number of esters is 1. The molecule has 128 valence electrons. The number of unbranched alkanes of at least 4 members (excludes halogenated alkanes) is 1. The minimum atomic E-state index is -2.03. The summed E-state index contributed by atoms with van der Waals surface area (Å²) in [5.74, 6) is -0.906. The number of cyclic esters (lactones) is 1. The molecule has 0 aromatic heterocycles. The third-order valence-electron chi connectivity index (χ3n) is 4.95. The van der Waals surface area contributed by atoms with Crippen molar-refractivity contribution in [1.82, 2.24) is 0 Å². The van der Waals surface area contributed by atoms with Gasteiger partial charge in [-0.2, -0.15) is 0 Å². The lowest BCUT2D eigenvalue weighted by atomic mass is 9.92. The molecule has 1 heterocycles. The average molecular weight is 329 g/mol. The molecule has 4 nitrogen and oxygen atoms in total. The van der Waals surface area contributed by atoms with Gasteiger partial charge in [0, 0.05) is 0 Å². The molecule has 1 fully saturated rings. The summed E-state index contributed by atoms with van der Waals surface area (Å²) in [4.78, 5) is 12.1. The summed E-state index contributed by atoms with van der Waals surface area (Å²) in [5, 5.41) is 10.5. The Morgan fingerprint density at radius 2 is 2.05 bits per heavy atom. The van der Waals surface area contributed by atoms with E-state index in [1.165, 1.54) is 0 Å². The van der Waals surface area contributed by atoms with Gasteiger partial charge >= 0.3 is 5.97 Å². The Kier molecular flexibility index (Phi) is 6.42. The third kappa shape index (κ3) is 4.43.